The topological polar surface area (TPSA) is 90.9 Å². The van der Waals surface area contributed by atoms with Gasteiger partial charge < -0.3 is 4.90 Å². The molecule has 3 aliphatic heterocycles. The molecule has 3 aromatic rings. The summed E-state index contributed by atoms with van der Waals surface area (Å²) in [4.78, 5) is 61.7. The van der Waals surface area contributed by atoms with Crippen molar-refractivity contribution in [3.63, 3.8) is 0 Å². The first-order valence-corrected chi connectivity index (χ1v) is 15.0. The fourth-order valence-electron chi connectivity index (χ4n) is 6.23. The molecule has 2 fully saturated rings. The smallest absolute Gasteiger partial charge is 0.267 e. The molecule has 0 unspecified atom stereocenters. The Morgan fingerprint density at radius 2 is 1.38 bits per heavy atom. The second-order valence-electron chi connectivity index (χ2n) is 11.2. The van der Waals surface area contributed by atoms with Gasteiger partial charge in [-0.25, -0.2) is 9.88 Å². The summed E-state index contributed by atoms with van der Waals surface area (Å²) in [5.74, 6) is -0.374. The molecule has 0 saturated carbocycles. The van der Waals surface area contributed by atoms with Crippen LogP contribution in [0.4, 0.5) is 5.82 Å². The quantitative estimate of drug-likeness (QED) is 0.272. The molecule has 2 saturated heterocycles. The van der Waals surface area contributed by atoms with Gasteiger partial charge in [0.25, 0.3) is 11.8 Å². The molecule has 10 heteroatoms. The number of amides is 3. The maximum atomic E-state index is 13.3. The Balaban J connectivity index is 1.00. The summed E-state index contributed by atoms with van der Waals surface area (Å²) in [5, 5.41) is 0.883. The summed E-state index contributed by atoms with van der Waals surface area (Å²) in [6.07, 6.45) is 4.40. The lowest BCUT2D eigenvalue weighted by Gasteiger charge is -2.37. The van der Waals surface area contributed by atoms with Crippen LogP contribution >= 0.6 is 23.2 Å². The minimum absolute atomic E-state index is 0.0297. The molecule has 0 N–H and O–H groups in total. The number of aromatic nitrogens is 1. The van der Waals surface area contributed by atoms with E-state index >= 15 is 0 Å². The number of benzene rings is 2. The van der Waals surface area contributed by atoms with Gasteiger partial charge in [-0.15, -0.1) is 0 Å². The highest BCUT2D eigenvalue weighted by molar-refractivity contribution is 6.35. The Hall–Kier alpha value is -3.59. The SMILES string of the molecule is O=C(c1cc(Cl)cc(Cl)c1)C1CCN(C(=O)C2CCN(Cc3ccnc(N4C(=O)c5ccccc5C4=O)c3)CC2)CC1. The molecule has 42 heavy (non-hydrogen) atoms. The van der Waals surface area contributed by atoms with Gasteiger partial charge in [0.2, 0.25) is 5.91 Å². The number of pyridine rings is 1. The lowest BCUT2D eigenvalue weighted by Crippen LogP contribution is -2.46. The molecule has 0 radical (unpaired) electrons. The predicted octanol–water partition coefficient (Wildman–Crippen LogP) is 5.52. The van der Waals surface area contributed by atoms with E-state index < -0.39 is 0 Å². The molecule has 0 spiro atoms. The van der Waals surface area contributed by atoms with Crippen LogP contribution in [0.5, 0.6) is 0 Å². The van der Waals surface area contributed by atoms with E-state index in [1.807, 2.05) is 11.0 Å². The first-order chi connectivity index (χ1) is 20.3. The van der Waals surface area contributed by atoms with Crippen LogP contribution < -0.4 is 4.90 Å². The summed E-state index contributed by atoms with van der Waals surface area (Å²) in [6.45, 7) is 3.32. The van der Waals surface area contributed by atoms with E-state index in [0.29, 0.717) is 65.0 Å². The van der Waals surface area contributed by atoms with Gasteiger partial charge in [0.1, 0.15) is 5.82 Å². The van der Waals surface area contributed by atoms with Gasteiger partial charge in [-0.1, -0.05) is 35.3 Å². The maximum absolute atomic E-state index is 13.3. The number of hydrogen-bond acceptors (Lipinski definition) is 6. The molecule has 3 amide bonds. The third kappa shape index (κ3) is 5.71. The van der Waals surface area contributed by atoms with Crippen molar-refractivity contribution in [2.45, 2.75) is 32.2 Å². The van der Waals surface area contributed by atoms with Crippen molar-refractivity contribution < 1.29 is 19.2 Å². The Bertz CT molecular complexity index is 1510. The first kappa shape index (κ1) is 28.5. The number of ketones is 1. The number of piperidine rings is 2. The lowest BCUT2D eigenvalue weighted by molar-refractivity contribution is -0.138. The number of imide groups is 1. The zero-order valence-electron chi connectivity index (χ0n) is 23.0. The zero-order chi connectivity index (χ0) is 29.4. The lowest BCUT2D eigenvalue weighted by atomic mass is 9.87. The fourth-order valence-corrected chi connectivity index (χ4v) is 6.75. The highest BCUT2D eigenvalue weighted by Gasteiger charge is 2.37. The molecule has 4 heterocycles. The summed E-state index contributed by atoms with van der Waals surface area (Å²) in [7, 11) is 0. The third-order valence-electron chi connectivity index (χ3n) is 8.50. The summed E-state index contributed by atoms with van der Waals surface area (Å²) < 4.78 is 0. The Morgan fingerprint density at radius 3 is 2.00 bits per heavy atom. The molecule has 0 aliphatic carbocycles. The van der Waals surface area contributed by atoms with Gasteiger partial charge in [-0.3, -0.25) is 24.1 Å². The number of carbonyl (C=O) groups is 4. The molecule has 0 bridgehead atoms. The number of nitrogens with zero attached hydrogens (tertiary/aromatic N) is 4. The average Bonchev–Trinajstić information content (AvgIpc) is 3.26. The standard InChI is InChI=1S/C32H30Cl2N4O4/c33-24-16-23(17-25(34)18-24)29(39)21-8-13-37(14-9-21)30(40)22-6-11-36(12-7-22)19-20-5-10-35-28(15-20)38-31(41)26-3-1-2-4-27(26)32(38)42/h1-5,10,15-18,21-22H,6-9,11-14,19H2. The van der Waals surface area contributed by atoms with E-state index in [1.165, 1.54) is 0 Å². The van der Waals surface area contributed by atoms with Crippen LogP contribution in [0.1, 0.15) is 62.3 Å². The zero-order valence-corrected chi connectivity index (χ0v) is 24.5. The Labute approximate surface area is 254 Å². The number of hydrogen-bond donors (Lipinski definition) is 0. The number of likely N-dealkylation sites (tertiary alicyclic amines) is 2. The largest absolute Gasteiger partial charge is 0.342 e. The van der Waals surface area contributed by atoms with Crippen LogP contribution in [0.3, 0.4) is 0 Å². The molecular formula is C32H30Cl2N4O4. The Kier molecular flexibility index (Phi) is 8.12. The van der Waals surface area contributed by atoms with Crippen molar-refractivity contribution >= 4 is 52.5 Å². The van der Waals surface area contributed by atoms with E-state index in [9.17, 15) is 19.2 Å². The van der Waals surface area contributed by atoms with Crippen LogP contribution in [0, 0.1) is 11.8 Å². The minimum atomic E-state index is -0.359. The molecule has 3 aliphatic rings. The van der Waals surface area contributed by atoms with Crippen molar-refractivity contribution in [3.8, 4) is 0 Å². The van der Waals surface area contributed by atoms with E-state index in [0.717, 1.165) is 36.4 Å². The minimum Gasteiger partial charge on any atom is -0.342 e. The van der Waals surface area contributed by atoms with Crippen molar-refractivity contribution in [3.05, 3.63) is 93.1 Å². The van der Waals surface area contributed by atoms with Gasteiger partial charge in [-0.2, -0.15) is 0 Å². The van der Waals surface area contributed by atoms with Crippen LogP contribution in [-0.4, -0.2) is 64.5 Å². The van der Waals surface area contributed by atoms with Crippen LogP contribution in [-0.2, 0) is 11.3 Å². The average molecular weight is 606 g/mol. The Morgan fingerprint density at radius 1 is 0.786 bits per heavy atom. The van der Waals surface area contributed by atoms with Crippen LogP contribution in [0.25, 0.3) is 0 Å². The second kappa shape index (κ2) is 12.0. The number of Topliss-reactive ketones (excluding diaryl/α,β-unsaturated/α-hetero) is 1. The van der Waals surface area contributed by atoms with Gasteiger partial charge in [0, 0.05) is 53.3 Å². The van der Waals surface area contributed by atoms with E-state index in [-0.39, 0.29) is 35.3 Å². The van der Waals surface area contributed by atoms with Crippen LogP contribution in [0.2, 0.25) is 10.0 Å². The monoisotopic (exact) mass is 604 g/mol. The summed E-state index contributed by atoms with van der Waals surface area (Å²) >= 11 is 12.2. The summed E-state index contributed by atoms with van der Waals surface area (Å²) in [6, 6.07) is 15.4. The third-order valence-corrected chi connectivity index (χ3v) is 8.94. The van der Waals surface area contributed by atoms with Gasteiger partial charge in [0.15, 0.2) is 5.78 Å². The fraction of sp³-hybridized carbons (Fsp3) is 0.344. The molecule has 8 nitrogen and oxygen atoms in total. The highest BCUT2D eigenvalue weighted by Crippen LogP contribution is 2.30. The van der Waals surface area contributed by atoms with Gasteiger partial charge >= 0.3 is 0 Å². The predicted molar refractivity (Wildman–Crippen MR) is 160 cm³/mol. The second-order valence-corrected chi connectivity index (χ2v) is 12.1. The normalized spacial score (nSPS) is 18.4. The van der Waals surface area contributed by atoms with Crippen molar-refractivity contribution in [2.75, 3.05) is 31.1 Å². The number of halogens is 2. The molecule has 1 aromatic heterocycles. The van der Waals surface area contributed by atoms with Crippen molar-refractivity contribution in [1.29, 1.82) is 0 Å². The van der Waals surface area contributed by atoms with Crippen molar-refractivity contribution in [2.24, 2.45) is 11.8 Å². The number of fused-ring (bicyclic) bond motifs is 1. The molecule has 2 aromatic carbocycles. The molecule has 0 atom stereocenters. The van der Waals surface area contributed by atoms with Gasteiger partial charge in [-0.05, 0) is 86.8 Å². The highest BCUT2D eigenvalue weighted by atomic mass is 35.5. The molecular weight excluding hydrogens is 575 g/mol. The number of carbonyl (C=O) groups excluding carboxylic acids is 4. The van der Waals surface area contributed by atoms with Crippen LogP contribution in [0.15, 0.2) is 60.8 Å². The first-order valence-electron chi connectivity index (χ1n) is 14.2. The number of anilines is 1. The van der Waals surface area contributed by atoms with E-state index in [1.54, 1.807) is 54.7 Å². The van der Waals surface area contributed by atoms with Gasteiger partial charge in [0.05, 0.1) is 11.1 Å². The maximum Gasteiger partial charge on any atom is 0.267 e. The van der Waals surface area contributed by atoms with E-state index in [2.05, 4.69) is 9.88 Å². The summed E-state index contributed by atoms with van der Waals surface area (Å²) in [5.41, 5.74) is 2.26. The number of rotatable bonds is 6. The van der Waals surface area contributed by atoms with Crippen molar-refractivity contribution in [1.82, 2.24) is 14.8 Å². The molecule has 6 rings (SSSR count). The van der Waals surface area contributed by atoms with E-state index in [4.69, 9.17) is 23.2 Å². The molecule has 216 valence electrons.